The Bertz CT molecular complexity index is 1780. The monoisotopic (exact) mass is 788 g/mol. The summed E-state index contributed by atoms with van der Waals surface area (Å²) in [5.41, 5.74) is 1.47. The maximum Gasteiger partial charge on any atom is 0.338 e. The number of benzene rings is 2. The molecule has 5 atom stereocenters. The van der Waals surface area contributed by atoms with Gasteiger partial charge in [-0.05, 0) is 88.3 Å². The number of hydrogen-bond donors (Lipinski definition) is 3. The third kappa shape index (κ3) is 10.9. The molecule has 308 valence electrons. The molecule has 2 aromatic carbocycles. The van der Waals surface area contributed by atoms with Crippen LogP contribution in [0.15, 0.2) is 72.5 Å². The average Bonchev–Trinajstić information content (AvgIpc) is 4.14. The van der Waals surface area contributed by atoms with Crippen molar-refractivity contribution in [2.24, 2.45) is 11.8 Å². The lowest BCUT2D eigenvalue weighted by Gasteiger charge is -2.34. The summed E-state index contributed by atoms with van der Waals surface area (Å²) < 4.78 is 30.4. The van der Waals surface area contributed by atoms with Gasteiger partial charge in [0.05, 0.1) is 31.1 Å². The Morgan fingerprint density at radius 2 is 1.72 bits per heavy atom. The van der Waals surface area contributed by atoms with Crippen LogP contribution in [0.2, 0.25) is 0 Å². The van der Waals surface area contributed by atoms with Crippen molar-refractivity contribution in [2.45, 2.75) is 114 Å². The van der Waals surface area contributed by atoms with E-state index in [9.17, 15) is 24.3 Å². The quantitative estimate of drug-likeness (QED) is 0.111. The summed E-state index contributed by atoms with van der Waals surface area (Å²) in [5.74, 6) is -2.30. The zero-order valence-corrected chi connectivity index (χ0v) is 33.3. The van der Waals surface area contributed by atoms with Crippen LogP contribution in [0.4, 0.5) is 0 Å². The highest BCUT2D eigenvalue weighted by atomic mass is 16.8. The van der Waals surface area contributed by atoms with Crippen molar-refractivity contribution >= 4 is 29.8 Å². The summed E-state index contributed by atoms with van der Waals surface area (Å²) in [4.78, 5) is 56.2. The molecule has 1 saturated heterocycles. The predicted octanol–water partition coefficient (Wildman–Crippen LogP) is 4.49. The van der Waals surface area contributed by atoms with Gasteiger partial charge in [0.25, 0.3) is 0 Å². The van der Waals surface area contributed by atoms with Crippen LogP contribution in [0.5, 0.6) is 0 Å². The van der Waals surface area contributed by atoms with Crippen molar-refractivity contribution in [2.75, 3.05) is 26.9 Å². The number of aliphatic hydroxyl groups is 2. The van der Waals surface area contributed by atoms with Gasteiger partial charge in [-0.15, -0.1) is 0 Å². The second-order valence-electron chi connectivity index (χ2n) is 16.4. The number of fused-ring (bicyclic) bond motifs is 1. The molecule has 3 N–H and O–H groups in total. The molecule has 1 aliphatic heterocycles. The van der Waals surface area contributed by atoms with Gasteiger partial charge in [-0.2, -0.15) is 0 Å². The maximum absolute atomic E-state index is 14.6. The lowest BCUT2D eigenvalue weighted by molar-refractivity contribution is -0.209. The lowest BCUT2D eigenvalue weighted by atomic mass is 9.90. The van der Waals surface area contributed by atoms with E-state index >= 15 is 0 Å². The van der Waals surface area contributed by atoms with Crippen molar-refractivity contribution < 1.29 is 53.1 Å². The molecule has 3 fully saturated rings. The average molecular weight is 789 g/mol. The van der Waals surface area contributed by atoms with Crippen LogP contribution in [0.1, 0.15) is 87.2 Å². The molecular formula is C44H56N2O11. The Balaban J connectivity index is 1.22. The fourth-order valence-corrected chi connectivity index (χ4v) is 7.58. The molecule has 0 bridgehead atoms. The van der Waals surface area contributed by atoms with E-state index in [1.165, 1.54) is 11.2 Å². The topological polar surface area (TPSA) is 170 Å². The van der Waals surface area contributed by atoms with Crippen molar-refractivity contribution in [3.63, 3.8) is 0 Å². The highest BCUT2D eigenvalue weighted by Gasteiger charge is 2.64. The third-order valence-electron chi connectivity index (χ3n) is 10.7. The molecule has 2 aromatic rings. The number of amides is 2. The maximum atomic E-state index is 14.6. The minimum Gasteiger partial charge on any atom is -0.499 e. The molecule has 0 radical (unpaired) electrons. The molecule has 1 heterocycles. The van der Waals surface area contributed by atoms with Crippen LogP contribution >= 0.6 is 0 Å². The summed E-state index contributed by atoms with van der Waals surface area (Å²) in [5, 5.41) is 22.0. The number of rotatable bonds is 18. The Morgan fingerprint density at radius 3 is 2.37 bits per heavy atom. The van der Waals surface area contributed by atoms with Crippen molar-refractivity contribution in [3.05, 3.63) is 89.2 Å². The van der Waals surface area contributed by atoms with Crippen LogP contribution in [0, 0.1) is 11.8 Å². The van der Waals surface area contributed by atoms with Crippen LogP contribution in [0.3, 0.4) is 0 Å². The SMILES string of the molecule is CN(C(=O)C1=C[C@H]2OC(C3CC3)(C3CC3)O[C@H]2[C@H](OC(=O)c2cccc(C=COCCO)c2)C1)[C@H](Cc1ccccc1)C(=O)N[C@H](CO)CCC(=O)OC(C)(C)C. The van der Waals surface area contributed by atoms with Gasteiger partial charge in [-0.1, -0.05) is 42.5 Å². The first-order chi connectivity index (χ1) is 27.3. The number of nitrogens with zero attached hydrogens (tertiary/aromatic N) is 1. The molecule has 4 aliphatic rings. The summed E-state index contributed by atoms with van der Waals surface area (Å²) in [6, 6.07) is 14.4. The molecule has 2 amide bonds. The zero-order valence-electron chi connectivity index (χ0n) is 33.3. The van der Waals surface area contributed by atoms with Gasteiger partial charge in [0.1, 0.15) is 36.6 Å². The Kier molecular flexibility index (Phi) is 13.5. The van der Waals surface area contributed by atoms with Gasteiger partial charge in [0.15, 0.2) is 5.79 Å². The molecule has 3 aliphatic carbocycles. The number of carbonyl (C=O) groups excluding carboxylic acids is 4. The number of carbonyl (C=O) groups is 4. The second-order valence-corrected chi connectivity index (χ2v) is 16.4. The Labute approximate surface area is 334 Å². The number of ether oxygens (including phenoxy) is 5. The number of likely N-dealkylation sites (N-methyl/N-ethyl adjacent to an activating group) is 1. The Morgan fingerprint density at radius 1 is 1.00 bits per heavy atom. The molecule has 0 spiro atoms. The molecule has 13 heteroatoms. The molecular weight excluding hydrogens is 732 g/mol. The molecule has 2 saturated carbocycles. The number of esters is 2. The van der Waals surface area contributed by atoms with E-state index in [4.69, 9.17) is 28.8 Å². The van der Waals surface area contributed by atoms with Crippen LogP contribution in [0.25, 0.3) is 6.08 Å². The summed E-state index contributed by atoms with van der Waals surface area (Å²) in [6.45, 7) is 4.92. The summed E-state index contributed by atoms with van der Waals surface area (Å²) in [6.07, 6.45) is 7.00. The smallest absolute Gasteiger partial charge is 0.338 e. The lowest BCUT2D eigenvalue weighted by Crippen LogP contribution is -2.53. The summed E-state index contributed by atoms with van der Waals surface area (Å²) in [7, 11) is 1.56. The molecule has 6 rings (SSSR count). The van der Waals surface area contributed by atoms with E-state index in [1.807, 2.05) is 30.3 Å². The van der Waals surface area contributed by atoms with Gasteiger partial charge in [-0.3, -0.25) is 14.4 Å². The fraction of sp³-hybridized carbons (Fsp3) is 0.545. The molecule has 13 nitrogen and oxygen atoms in total. The standard InChI is InChI=1S/C44H56N2O11/c1-43(2,3)56-38(49)18-17-34(27-48)45-40(50)35(24-28-9-6-5-7-10-28)46(4)41(51)31-25-36(39-37(26-31)55-44(57-39,32-13-14-32)33-15-16-33)54-42(52)30-12-8-11-29(23-30)19-21-53-22-20-47/h5-12,19,21,23,26,32-37,39,47-48H,13-18,20,22,24-25,27H2,1-4H3,(H,45,50)/t34-,35+,36+,37+,39-/m0/s1. The van der Waals surface area contributed by atoms with E-state index in [-0.39, 0.29) is 50.7 Å². The predicted molar refractivity (Wildman–Crippen MR) is 209 cm³/mol. The van der Waals surface area contributed by atoms with Gasteiger partial charge >= 0.3 is 11.9 Å². The zero-order chi connectivity index (χ0) is 40.7. The number of hydrogen-bond acceptors (Lipinski definition) is 11. The first-order valence-electron chi connectivity index (χ1n) is 20.0. The van der Waals surface area contributed by atoms with Gasteiger partial charge < -0.3 is 44.1 Å². The highest BCUT2D eigenvalue weighted by molar-refractivity contribution is 5.97. The first kappa shape index (κ1) is 42.1. The summed E-state index contributed by atoms with van der Waals surface area (Å²) >= 11 is 0. The van der Waals surface area contributed by atoms with E-state index in [1.54, 1.807) is 64.2 Å². The van der Waals surface area contributed by atoms with Crippen LogP contribution in [-0.2, 0) is 44.5 Å². The number of aliphatic hydroxyl groups excluding tert-OH is 2. The fourth-order valence-electron chi connectivity index (χ4n) is 7.58. The highest BCUT2D eigenvalue weighted by Crippen LogP contribution is 2.59. The third-order valence-corrected chi connectivity index (χ3v) is 10.7. The van der Waals surface area contributed by atoms with E-state index in [0.29, 0.717) is 16.7 Å². The molecule has 57 heavy (non-hydrogen) atoms. The normalized spacial score (nSPS) is 22.5. The van der Waals surface area contributed by atoms with E-state index in [0.717, 1.165) is 31.2 Å². The van der Waals surface area contributed by atoms with Crippen LogP contribution in [-0.4, -0.2) is 108 Å². The second kappa shape index (κ2) is 18.4. The van der Waals surface area contributed by atoms with Gasteiger partial charge in [0.2, 0.25) is 11.8 Å². The van der Waals surface area contributed by atoms with Gasteiger partial charge in [-0.25, -0.2) is 4.79 Å². The first-order valence-corrected chi connectivity index (χ1v) is 20.0. The minimum atomic E-state index is -0.995. The van der Waals surface area contributed by atoms with Crippen LogP contribution < -0.4 is 5.32 Å². The molecule has 0 aromatic heterocycles. The van der Waals surface area contributed by atoms with Crippen molar-refractivity contribution in [1.29, 1.82) is 0 Å². The van der Waals surface area contributed by atoms with E-state index < -0.39 is 72.1 Å². The van der Waals surface area contributed by atoms with Crippen molar-refractivity contribution in [3.8, 4) is 0 Å². The minimum absolute atomic E-state index is 0.0121. The van der Waals surface area contributed by atoms with Crippen molar-refractivity contribution in [1.82, 2.24) is 10.2 Å². The number of nitrogens with one attached hydrogen (secondary N) is 1. The Hall–Kier alpha value is -4.56. The van der Waals surface area contributed by atoms with E-state index in [2.05, 4.69) is 5.32 Å². The largest absolute Gasteiger partial charge is 0.499 e. The molecule has 0 unspecified atom stereocenters. The van der Waals surface area contributed by atoms with Gasteiger partial charge in [0, 0.05) is 43.7 Å².